The van der Waals surface area contributed by atoms with Crippen LogP contribution in [-0.2, 0) is 30.3 Å². The summed E-state index contributed by atoms with van der Waals surface area (Å²) >= 11 is 3.44. The van der Waals surface area contributed by atoms with Gasteiger partial charge in [-0.3, -0.25) is 0 Å². The van der Waals surface area contributed by atoms with Crippen LogP contribution in [0.2, 0.25) is 0 Å². The molecule has 0 aromatic heterocycles. The summed E-state index contributed by atoms with van der Waals surface area (Å²) in [5, 5.41) is 10.8. The topological polar surface area (TPSA) is 66.4 Å². The summed E-state index contributed by atoms with van der Waals surface area (Å²) in [5.74, 6) is -1.58. The average molecular weight is 429 g/mol. The number of hydrogen-bond acceptors (Lipinski definition) is 6. The highest BCUT2D eigenvalue weighted by molar-refractivity contribution is 9.10. The van der Waals surface area contributed by atoms with Gasteiger partial charge in [0.2, 0.25) is 0 Å². The lowest BCUT2D eigenvalue weighted by atomic mass is 9.85. The molecule has 1 aromatic carbocycles. The van der Waals surface area contributed by atoms with E-state index in [-0.39, 0.29) is 0 Å². The van der Waals surface area contributed by atoms with E-state index in [1.807, 2.05) is 52.0 Å². The number of fused-ring (bicyclic) bond motifs is 2. The van der Waals surface area contributed by atoms with E-state index in [0.29, 0.717) is 6.61 Å². The number of aliphatic hydroxyl groups is 1. The molecule has 2 aliphatic heterocycles. The number of aliphatic hydroxyl groups excluding tert-OH is 1. The van der Waals surface area contributed by atoms with Crippen LogP contribution in [0.1, 0.15) is 33.3 Å². The minimum atomic E-state index is -0.832. The third kappa shape index (κ3) is 3.46. The largest absolute Gasteiger partial charge is 0.387 e. The highest BCUT2D eigenvalue weighted by Crippen LogP contribution is 2.45. The number of benzene rings is 1. The van der Waals surface area contributed by atoms with Gasteiger partial charge in [-0.1, -0.05) is 28.1 Å². The van der Waals surface area contributed by atoms with Crippen LogP contribution >= 0.6 is 15.9 Å². The van der Waals surface area contributed by atoms with Crippen LogP contribution in [0.5, 0.6) is 0 Å². The van der Waals surface area contributed by atoms with Crippen molar-refractivity contribution in [3.63, 3.8) is 0 Å². The SMILES string of the molecule is CC1(C)O[C@@H]2C(O)[C@H]3OC(C)(C)O[C@H]3C(OCc3ccc(Br)cc3)[C@H]2O1. The van der Waals surface area contributed by atoms with Gasteiger partial charge in [-0.15, -0.1) is 0 Å². The second-order valence-corrected chi connectivity index (χ2v) is 8.94. The van der Waals surface area contributed by atoms with E-state index >= 15 is 0 Å². The monoisotopic (exact) mass is 428 g/mol. The van der Waals surface area contributed by atoms with Crippen LogP contribution in [0.4, 0.5) is 0 Å². The maximum atomic E-state index is 10.8. The molecule has 0 radical (unpaired) electrons. The molecular weight excluding hydrogens is 404 g/mol. The van der Waals surface area contributed by atoms with Gasteiger partial charge in [-0.25, -0.2) is 0 Å². The lowest BCUT2D eigenvalue weighted by molar-refractivity contribution is -0.190. The summed E-state index contributed by atoms with van der Waals surface area (Å²) in [5.41, 5.74) is 1.05. The van der Waals surface area contributed by atoms with Gasteiger partial charge in [0.1, 0.15) is 36.6 Å². The maximum absolute atomic E-state index is 10.8. The summed E-state index contributed by atoms with van der Waals surface area (Å²) in [4.78, 5) is 0. The van der Waals surface area contributed by atoms with Crippen LogP contribution in [0.3, 0.4) is 0 Å². The Morgan fingerprint density at radius 3 is 1.85 bits per heavy atom. The van der Waals surface area contributed by atoms with Crippen LogP contribution < -0.4 is 0 Å². The summed E-state index contributed by atoms with van der Waals surface area (Å²) < 4.78 is 31.3. The van der Waals surface area contributed by atoms with Crippen molar-refractivity contribution < 1.29 is 28.8 Å². The fraction of sp³-hybridized carbons (Fsp3) is 0.684. The van der Waals surface area contributed by atoms with Crippen LogP contribution in [0.25, 0.3) is 0 Å². The molecule has 7 heteroatoms. The number of rotatable bonds is 3. The molecule has 1 aliphatic carbocycles. The van der Waals surface area contributed by atoms with Crippen molar-refractivity contribution in [3.8, 4) is 0 Å². The number of ether oxygens (including phenoxy) is 5. The van der Waals surface area contributed by atoms with E-state index < -0.39 is 48.2 Å². The Balaban J connectivity index is 1.57. The predicted octanol–water partition coefficient (Wildman–Crippen LogP) is 2.75. The molecule has 6 nitrogen and oxygen atoms in total. The molecule has 3 fully saturated rings. The first-order chi connectivity index (χ1) is 12.2. The van der Waals surface area contributed by atoms with E-state index in [9.17, 15) is 5.11 Å². The quantitative estimate of drug-likeness (QED) is 0.798. The van der Waals surface area contributed by atoms with E-state index in [1.54, 1.807) is 0 Å². The zero-order valence-electron chi connectivity index (χ0n) is 15.3. The molecule has 144 valence electrons. The standard InChI is InChI=1S/C19H25BrO6/c1-18(2)23-13-12(21)14-17(26-19(3,4)24-14)15(16(13)25-18)22-9-10-5-7-11(20)8-6-10/h5-8,12-17,21H,9H2,1-4H3/t12?,13-,14-,15?,16-,17+/m1/s1. The Morgan fingerprint density at radius 2 is 1.35 bits per heavy atom. The van der Waals surface area contributed by atoms with Gasteiger partial charge >= 0.3 is 0 Å². The van der Waals surface area contributed by atoms with Crippen molar-refractivity contribution in [1.82, 2.24) is 0 Å². The Morgan fingerprint density at radius 1 is 0.885 bits per heavy atom. The third-order valence-electron chi connectivity index (χ3n) is 5.00. The van der Waals surface area contributed by atoms with Gasteiger partial charge in [0.25, 0.3) is 0 Å². The van der Waals surface area contributed by atoms with Crippen molar-refractivity contribution in [2.24, 2.45) is 0 Å². The fourth-order valence-electron chi connectivity index (χ4n) is 4.01. The molecular formula is C19H25BrO6. The number of halogens is 1. The minimum absolute atomic E-state index is 0.402. The zero-order chi connectivity index (χ0) is 18.7. The number of hydrogen-bond donors (Lipinski definition) is 1. The Bertz CT molecular complexity index is 628. The molecule has 0 bridgehead atoms. The summed E-state index contributed by atoms with van der Waals surface area (Å²) in [6.45, 7) is 7.76. The Hall–Kier alpha value is -0.540. The van der Waals surface area contributed by atoms with E-state index in [0.717, 1.165) is 10.0 Å². The second kappa shape index (κ2) is 6.51. The van der Waals surface area contributed by atoms with Crippen LogP contribution in [0, 0.1) is 0 Å². The van der Waals surface area contributed by atoms with Gasteiger partial charge < -0.3 is 28.8 Å². The van der Waals surface area contributed by atoms with Gasteiger partial charge in [-0.05, 0) is 45.4 Å². The fourth-order valence-corrected chi connectivity index (χ4v) is 4.27. The van der Waals surface area contributed by atoms with E-state index in [4.69, 9.17) is 23.7 Å². The second-order valence-electron chi connectivity index (χ2n) is 8.02. The zero-order valence-corrected chi connectivity index (χ0v) is 16.9. The highest BCUT2D eigenvalue weighted by atomic mass is 79.9. The first kappa shape index (κ1) is 18.8. The highest BCUT2D eigenvalue weighted by Gasteiger charge is 2.63. The van der Waals surface area contributed by atoms with Crippen molar-refractivity contribution in [2.45, 2.75) is 82.5 Å². The summed E-state index contributed by atoms with van der Waals surface area (Å²) in [7, 11) is 0. The first-order valence-corrected chi connectivity index (χ1v) is 9.70. The molecule has 4 rings (SSSR count). The smallest absolute Gasteiger partial charge is 0.164 e. The minimum Gasteiger partial charge on any atom is -0.387 e. The molecule has 3 aliphatic rings. The lowest BCUT2D eigenvalue weighted by Crippen LogP contribution is -2.62. The van der Waals surface area contributed by atoms with Crippen molar-refractivity contribution >= 4 is 15.9 Å². The summed E-state index contributed by atoms with van der Waals surface area (Å²) in [6, 6.07) is 7.96. The molecule has 1 aromatic rings. The van der Waals surface area contributed by atoms with Crippen molar-refractivity contribution in [2.75, 3.05) is 0 Å². The third-order valence-corrected chi connectivity index (χ3v) is 5.53. The Kier molecular flexibility index (Phi) is 4.71. The molecule has 2 saturated heterocycles. The van der Waals surface area contributed by atoms with Crippen LogP contribution in [-0.4, -0.2) is 53.3 Å². The van der Waals surface area contributed by atoms with Crippen molar-refractivity contribution in [3.05, 3.63) is 34.3 Å². The van der Waals surface area contributed by atoms with Gasteiger partial charge in [-0.2, -0.15) is 0 Å². The van der Waals surface area contributed by atoms with Gasteiger partial charge in [0, 0.05) is 4.47 Å². The molecule has 1 saturated carbocycles. The first-order valence-electron chi connectivity index (χ1n) is 8.91. The molecule has 0 spiro atoms. The molecule has 0 amide bonds. The summed E-state index contributed by atoms with van der Waals surface area (Å²) in [6.07, 6.45) is -3.11. The van der Waals surface area contributed by atoms with Crippen LogP contribution in [0.15, 0.2) is 28.7 Å². The van der Waals surface area contributed by atoms with Gasteiger partial charge in [0.15, 0.2) is 11.6 Å². The molecule has 2 heterocycles. The Labute approximate surface area is 161 Å². The van der Waals surface area contributed by atoms with E-state index in [2.05, 4.69) is 15.9 Å². The van der Waals surface area contributed by atoms with Crippen molar-refractivity contribution in [1.29, 1.82) is 0 Å². The molecule has 1 N–H and O–H groups in total. The van der Waals surface area contributed by atoms with Gasteiger partial charge in [0.05, 0.1) is 6.61 Å². The normalized spacial score (nSPS) is 40.2. The average Bonchev–Trinajstić information content (AvgIpc) is 3.05. The predicted molar refractivity (Wildman–Crippen MR) is 96.4 cm³/mol. The molecule has 6 atom stereocenters. The molecule has 2 unspecified atom stereocenters. The van der Waals surface area contributed by atoms with E-state index in [1.165, 1.54) is 0 Å². The maximum Gasteiger partial charge on any atom is 0.164 e. The molecule has 26 heavy (non-hydrogen) atoms. The lowest BCUT2D eigenvalue weighted by Gasteiger charge is -2.40.